The van der Waals surface area contributed by atoms with E-state index in [9.17, 15) is 43.5 Å². The quantitative estimate of drug-likeness (QED) is 0.0517. The summed E-state index contributed by atoms with van der Waals surface area (Å²) in [5.41, 5.74) is 31.5. The number of hydrogen-bond donors (Lipinski definition) is 6. The number of para-hydroxylation sites is 9. The number of anilines is 5. The van der Waals surface area contributed by atoms with Crippen LogP contribution in [0.15, 0.2) is 181 Å². The van der Waals surface area contributed by atoms with E-state index in [4.69, 9.17) is 27.9 Å². The van der Waals surface area contributed by atoms with Crippen LogP contribution in [0, 0.1) is 31.6 Å². The Kier molecular flexibility index (Phi) is 35.9. The summed E-state index contributed by atoms with van der Waals surface area (Å²) in [5, 5.41) is 31.2. The summed E-state index contributed by atoms with van der Waals surface area (Å²) < 4.78 is 35.7. The molecule has 432 valence electrons. The van der Waals surface area contributed by atoms with Gasteiger partial charge >= 0.3 is 12.1 Å². The first-order valence-electron chi connectivity index (χ1n) is 26.8. The van der Waals surface area contributed by atoms with E-state index in [2.05, 4.69) is 53.5 Å². The molecule has 0 radical (unpaired) electrons. The number of nitro groups is 2. The van der Waals surface area contributed by atoms with Crippen LogP contribution in [-0.4, -0.2) is 31.9 Å². The van der Waals surface area contributed by atoms with Crippen LogP contribution in [0.4, 0.5) is 53.0 Å². The summed E-state index contributed by atoms with van der Waals surface area (Å²) in [6, 6.07) is 54.3. The fraction of sp³-hybridized carbons (Fsp3) is 0.254. The summed E-state index contributed by atoms with van der Waals surface area (Å²) >= 11 is 0. The minimum Gasteiger partial charge on any atom is -0.399 e. The molecule has 1 aliphatic carbocycles. The number of nitrogens with one attached hydrogen (secondary N) is 2. The van der Waals surface area contributed by atoms with Gasteiger partial charge in [0.25, 0.3) is 11.4 Å². The van der Waals surface area contributed by atoms with Crippen molar-refractivity contribution in [1.82, 2.24) is 9.97 Å². The van der Waals surface area contributed by atoms with Crippen molar-refractivity contribution in [2.24, 2.45) is 0 Å². The van der Waals surface area contributed by atoms with Crippen LogP contribution in [-0.2, 0) is 4.79 Å². The molecule has 8 aromatic rings. The molecule has 7 aromatic carbocycles. The zero-order chi connectivity index (χ0) is 61.3. The lowest BCUT2D eigenvalue weighted by Crippen LogP contribution is -2.30. The number of carbonyl (C=O) groups is 1. The predicted octanol–water partition coefficient (Wildman–Crippen LogP) is 17.4. The number of fused-ring (bicyclic) bond motifs is 1. The van der Waals surface area contributed by atoms with Gasteiger partial charge < -0.3 is 33.2 Å². The van der Waals surface area contributed by atoms with Crippen molar-refractivity contribution in [2.75, 3.05) is 28.3 Å². The lowest BCUT2D eigenvalue weighted by atomic mass is 9.87. The molecule has 1 fully saturated rings. The number of benzene rings is 7. The van der Waals surface area contributed by atoms with Gasteiger partial charge in [0.1, 0.15) is 17.2 Å². The Morgan fingerprint density at radius 3 is 1.52 bits per heavy atom. The lowest BCUT2D eigenvalue weighted by molar-refractivity contribution is -0.384. The number of rotatable bonds is 6. The number of nitriles is 1. The summed E-state index contributed by atoms with van der Waals surface area (Å²) in [6.07, 6.45) is 1.00. The molecule has 0 aliphatic heterocycles. The van der Waals surface area contributed by atoms with E-state index < -0.39 is 33.3 Å². The number of H-pyrrole nitrogens is 1. The smallest absolute Gasteiger partial charge is 0.399 e. The Morgan fingerprint density at radius 2 is 1.06 bits per heavy atom. The Morgan fingerprint density at radius 1 is 0.580 bits per heavy atom. The number of aromatic nitrogens is 2. The van der Waals surface area contributed by atoms with Crippen LogP contribution in [0.1, 0.15) is 118 Å². The maximum atomic E-state index is 11.9. The molecule has 1 heterocycles. The average molecular weight is 1110 g/mol. The summed E-state index contributed by atoms with van der Waals surface area (Å²) in [5.74, 6) is -1.28. The third kappa shape index (κ3) is 25.2. The molecule has 15 nitrogen and oxygen atoms in total. The highest BCUT2D eigenvalue weighted by atomic mass is 19.4. The third-order valence-corrected chi connectivity index (χ3v) is 10.5. The van der Waals surface area contributed by atoms with Crippen LogP contribution in [0.2, 0.25) is 0 Å². The van der Waals surface area contributed by atoms with Crippen molar-refractivity contribution >= 4 is 62.3 Å². The average Bonchev–Trinajstić information content (AvgIpc) is 3.93. The van der Waals surface area contributed by atoms with Crippen LogP contribution in [0.25, 0.3) is 27.7 Å². The number of amides is 1. The van der Waals surface area contributed by atoms with Gasteiger partial charge in [-0.2, -0.15) is 18.4 Å². The number of nitro benzene ring substituents is 2. The van der Waals surface area contributed by atoms with Crippen molar-refractivity contribution in [1.29, 1.82) is 5.26 Å². The first kappa shape index (κ1) is 71.5. The molecular weight excluding hydrogens is 1030 g/mol. The molecule has 0 unspecified atom stereocenters. The number of halogens is 3. The van der Waals surface area contributed by atoms with E-state index in [-0.39, 0.29) is 11.4 Å². The second-order valence-electron chi connectivity index (χ2n) is 15.5. The predicted molar refractivity (Wildman–Crippen MR) is 330 cm³/mol. The monoisotopic (exact) mass is 1110 g/mol. The number of carbonyl (C=O) groups excluding carboxylic acids is 1. The molecule has 0 spiro atoms. The highest BCUT2D eigenvalue weighted by Gasteiger charge is 2.39. The molecule has 1 aliphatic rings. The van der Waals surface area contributed by atoms with E-state index >= 15 is 0 Å². The van der Waals surface area contributed by atoms with Gasteiger partial charge in [-0.1, -0.05) is 184 Å². The van der Waals surface area contributed by atoms with E-state index in [1.54, 1.807) is 24.3 Å². The molecule has 81 heavy (non-hydrogen) atoms. The normalized spacial score (nSPS) is 10.4. The highest BCUT2D eigenvalue weighted by Crippen LogP contribution is 2.36. The molecular formula is C63H79F3N10O5. The van der Waals surface area contributed by atoms with Crippen LogP contribution in [0.5, 0.6) is 0 Å². The number of hydrogen-bond acceptors (Lipinski definition) is 11. The minimum absolute atomic E-state index is 0.0394. The van der Waals surface area contributed by atoms with Crippen LogP contribution in [0.3, 0.4) is 0 Å². The fourth-order valence-corrected chi connectivity index (χ4v) is 6.96. The largest absolute Gasteiger partial charge is 0.471 e. The molecule has 9 rings (SSSR count). The second-order valence-corrected chi connectivity index (χ2v) is 15.5. The lowest BCUT2D eigenvalue weighted by Gasteiger charge is -2.19. The molecule has 10 N–H and O–H groups in total. The fourth-order valence-electron chi connectivity index (χ4n) is 6.96. The standard InChI is InChI=1S/C27H23N3.C8H5F3N2O3.C6H6N2O2.C6H8N2.C6H7N.5C2H6/c28-18-19-7-6-10-23(17-19)20-13-15-22(16-14-20)26(21-8-2-1-3-9-21)27-29-24-11-4-5-12-25(24)30-27;9-8(10,11)7(14)12-5-3-1-2-4-6(5)13(15)16;7-5-3-1-2-4-6(5)8(9)10;7-5-3-1-2-4-6(5)8;7-6-4-2-1-3-5-6;5*1-2/h4-7,10-17H,1-3,8-9H2,(H,29,30);1-4H,(H,12,14);1-4H,7H2;1-4H,7-8H2;1-5H,7H2;5*1-2H3. The van der Waals surface area contributed by atoms with Crippen molar-refractivity contribution < 1.29 is 27.8 Å². The van der Waals surface area contributed by atoms with E-state index in [1.807, 2.05) is 142 Å². The first-order valence-corrected chi connectivity index (χ1v) is 26.8. The molecule has 18 heteroatoms. The summed E-state index contributed by atoms with van der Waals surface area (Å²) in [4.78, 5) is 38.2. The van der Waals surface area contributed by atoms with Gasteiger partial charge in [0.05, 0.1) is 43.9 Å². The number of nitrogens with zero attached hydrogens (tertiary/aromatic N) is 4. The van der Waals surface area contributed by atoms with Gasteiger partial charge in [-0.25, -0.2) is 4.98 Å². The maximum Gasteiger partial charge on any atom is 0.471 e. The van der Waals surface area contributed by atoms with E-state index in [1.165, 1.54) is 65.6 Å². The van der Waals surface area contributed by atoms with Gasteiger partial charge in [-0.15, -0.1) is 0 Å². The van der Waals surface area contributed by atoms with E-state index in [0.717, 1.165) is 58.6 Å². The molecule has 1 saturated carbocycles. The summed E-state index contributed by atoms with van der Waals surface area (Å²) in [6.45, 7) is 20.0. The minimum atomic E-state index is -5.08. The molecule has 1 amide bonds. The number of allylic oxidation sites excluding steroid dienone is 1. The molecule has 0 bridgehead atoms. The van der Waals surface area contributed by atoms with Gasteiger partial charge in [-0.05, 0) is 103 Å². The van der Waals surface area contributed by atoms with Gasteiger partial charge in [0.15, 0.2) is 0 Å². The van der Waals surface area contributed by atoms with Crippen molar-refractivity contribution in [3.05, 3.63) is 219 Å². The van der Waals surface area contributed by atoms with Crippen molar-refractivity contribution in [3.8, 4) is 17.2 Å². The zero-order valence-corrected chi connectivity index (χ0v) is 48.1. The number of imidazole rings is 1. The molecule has 0 saturated heterocycles. The summed E-state index contributed by atoms with van der Waals surface area (Å²) in [7, 11) is 0. The molecule has 1 aromatic heterocycles. The topological polar surface area (TPSA) is 272 Å². The third-order valence-electron chi connectivity index (χ3n) is 10.5. The van der Waals surface area contributed by atoms with Gasteiger partial charge in [0.2, 0.25) is 0 Å². The Balaban J connectivity index is 0.00000106. The maximum absolute atomic E-state index is 11.9. The van der Waals surface area contributed by atoms with Crippen molar-refractivity contribution in [2.45, 2.75) is 108 Å². The number of nitrogen functional groups attached to an aromatic ring is 4. The second kappa shape index (κ2) is 40.7. The Bertz CT molecular complexity index is 3080. The SMILES string of the molecule is CC.CC.CC.CC.CC.N#Cc1cccc(-c2ccc(C(=C3CCCCC3)c3nc4ccccc4[nH]3)cc2)c1.Nc1ccccc1.Nc1ccccc1N.Nc1ccccc1[N+](=O)[O-].O=C(Nc1ccccc1[N+](=O)[O-])C(F)(F)F. The Labute approximate surface area is 475 Å². The number of alkyl halides is 3. The number of nitrogens with two attached hydrogens (primary N) is 4. The highest BCUT2D eigenvalue weighted by molar-refractivity contribution is 5.96. The van der Waals surface area contributed by atoms with Gasteiger partial charge in [-0.3, -0.25) is 25.0 Å². The van der Waals surface area contributed by atoms with Gasteiger partial charge in [0, 0.05) is 23.4 Å². The number of aromatic amines is 1. The zero-order valence-electron chi connectivity index (χ0n) is 48.1. The van der Waals surface area contributed by atoms with E-state index in [0.29, 0.717) is 16.9 Å². The van der Waals surface area contributed by atoms with Crippen LogP contribution >= 0.6 is 0 Å². The van der Waals surface area contributed by atoms with Crippen LogP contribution < -0.4 is 28.3 Å². The Hall–Kier alpha value is -9.50. The van der Waals surface area contributed by atoms with Crippen molar-refractivity contribution in [3.63, 3.8) is 0 Å². The first-order chi connectivity index (χ1) is 39.0. The molecule has 0 atom stereocenters.